The van der Waals surface area contributed by atoms with E-state index in [9.17, 15) is 43.8 Å². The Morgan fingerprint density at radius 1 is 0.480 bits per heavy atom. The summed E-state index contributed by atoms with van der Waals surface area (Å²) in [6, 6.07) is 19.0. The quantitative estimate of drug-likeness (QED) is 0.107. The van der Waals surface area contributed by atoms with Gasteiger partial charge < -0.3 is 42.1 Å². The van der Waals surface area contributed by atoms with E-state index in [0.29, 0.717) is 21.2 Å². The predicted octanol–water partition coefficient (Wildman–Crippen LogP) is 4.54. The minimum atomic E-state index is -1.48. The molecule has 0 saturated heterocycles. The van der Waals surface area contributed by atoms with Crippen molar-refractivity contribution in [3.05, 3.63) is 117 Å². The van der Waals surface area contributed by atoms with Crippen molar-refractivity contribution in [2.24, 2.45) is 0 Å². The number of carbonyl (C=O) groups is 7. The van der Waals surface area contributed by atoms with Crippen LogP contribution in [-0.2, 0) is 32.3 Å². The highest BCUT2D eigenvalue weighted by Crippen LogP contribution is 2.23. The first kappa shape index (κ1) is 36.4. The van der Waals surface area contributed by atoms with Gasteiger partial charge in [-0.2, -0.15) is 0 Å². The lowest BCUT2D eigenvalue weighted by Gasteiger charge is -2.13. The lowest BCUT2D eigenvalue weighted by Crippen LogP contribution is -2.35. The monoisotopic (exact) mass is 720 g/mol. The number of urea groups is 1. The molecule has 0 radical (unpaired) electrons. The zero-order chi connectivity index (χ0) is 36.4. The number of amides is 6. The molecule has 4 aromatic rings. The van der Waals surface area contributed by atoms with Gasteiger partial charge >= 0.3 is 41.6 Å². The van der Waals surface area contributed by atoms with Crippen LogP contribution in [0.3, 0.4) is 0 Å². The number of carbonyl (C=O) groups excluding carboxylic acids is 5. The van der Waals surface area contributed by atoms with Gasteiger partial charge in [0, 0.05) is 34.5 Å². The van der Waals surface area contributed by atoms with Crippen molar-refractivity contribution in [1.82, 2.24) is 10.6 Å². The molecule has 0 aliphatic carbocycles. The molecule has 15 nitrogen and oxygen atoms in total. The van der Waals surface area contributed by atoms with Gasteiger partial charge in [0.2, 0.25) is 0 Å². The summed E-state index contributed by atoms with van der Waals surface area (Å²) in [5, 5.41) is 34.3. The number of carboxylic acids is 2. The van der Waals surface area contributed by atoms with Crippen molar-refractivity contribution in [3.63, 3.8) is 0 Å². The maximum atomic E-state index is 12.7. The second-order valence-corrected chi connectivity index (χ2v) is 11.1. The molecule has 0 aliphatic heterocycles. The molecule has 4 rings (SSSR count). The summed E-state index contributed by atoms with van der Waals surface area (Å²) < 4.78 is 0. The van der Waals surface area contributed by atoms with E-state index >= 15 is 0 Å². The Kier molecular flexibility index (Phi) is 12.1. The van der Waals surface area contributed by atoms with Crippen molar-refractivity contribution in [2.45, 2.75) is 13.1 Å². The first-order chi connectivity index (χ1) is 23.8. The summed E-state index contributed by atoms with van der Waals surface area (Å²) in [5.74, 6) is -7.27. The Bertz CT molecular complexity index is 1850. The van der Waals surface area contributed by atoms with E-state index in [1.807, 2.05) is 0 Å². The van der Waals surface area contributed by atoms with Crippen LogP contribution in [0.1, 0.15) is 31.8 Å². The van der Waals surface area contributed by atoms with Gasteiger partial charge in [0.15, 0.2) is 0 Å². The molecular formula is C33H26Cl2N6O9. The molecule has 0 saturated carbocycles. The fourth-order valence-corrected chi connectivity index (χ4v) is 4.45. The molecule has 50 heavy (non-hydrogen) atoms. The zero-order valence-electron chi connectivity index (χ0n) is 25.5. The molecular weight excluding hydrogens is 695 g/mol. The topological polar surface area (TPSA) is 232 Å². The van der Waals surface area contributed by atoms with Gasteiger partial charge in [-0.25, -0.2) is 14.4 Å². The Morgan fingerprint density at radius 3 is 1.18 bits per heavy atom. The number of carboxylic acid groups (broad SMARTS) is 2. The number of hydrogen-bond acceptors (Lipinski definition) is 7. The third kappa shape index (κ3) is 10.3. The molecule has 4 aromatic carbocycles. The Labute approximate surface area is 293 Å². The lowest BCUT2D eigenvalue weighted by molar-refractivity contribution is -0.136. The minimum Gasteiger partial charge on any atom is -0.478 e. The average Bonchev–Trinajstić information content (AvgIpc) is 3.08. The van der Waals surface area contributed by atoms with E-state index in [1.54, 1.807) is 48.5 Å². The predicted molar refractivity (Wildman–Crippen MR) is 183 cm³/mol. The van der Waals surface area contributed by atoms with Crippen LogP contribution >= 0.6 is 23.2 Å². The number of anilines is 4. The van der Waals surface area contributed by atoms with Crippen LogP contribution in [0.15, 0.2) is 84.9 Å². The molecule has 0 unspecified atom stereocenters. The minimum absolute atomic E-state index is 0.0154. The molecule has 0 atom stereocenters. The SMILES string of the molecule is O=C(Nc1ccc(NC(=O)C(=O)NCc2ccc(Cl)cc2)c(C(=O)O)c1)Nc1ccc(NC(=O)C(=O)NCc2ccc(Cl)cc2)c(C(=O)O)c1. The second-order valence-electron chi connectivity index (χ2n) is 10.2. The van der Waals surface area contributed by atoms with E-state index in [0.717, 1.165) is 24.3 Å². The van der Waals surface area contributed by atoms with E-state index in [2.05, 4.69) is 31.9 Å². The van der Waals surface area contributed by atoms with Crippen LogP contribution < -0.4 is 31.9 Å². The van der Waals surface area contributed by atoms with Gasteiger partial charge in [-0.05, 0) is 71.8 Å². The largest absolute Gasteiger partial charge is 0.478 e. The van der Waals surface area contributed by atoms with Gasteiger partial charge in [0.25, 0.3) is 0 Å². The summed E-state index contributed by atoms with van der Waals surface area (Å²) in [4.78, 5) is 85.8. The van der Waals surface area contributed by atoms with Crippen molar-refractivity contribution < 1.29 is 43.8 Å². The van der Waals surface area contributed by atoms with E-state index in [-0.39, 0.29) is 35.8 Å². The fraction of sp³-hybridized carbons (Fsp3) is 0.0606. The molecule has 17 heteroatoms. The second kappa shape index (κ2) is 16.6. The number of rotatable bonds is 10. The van der Waals surface area contributed by atoms with Crippen LogP contribution in [-0.4, -0.2) is 51.8 Å². The molecule has 0 aliphatic rings. The maximum absolute atomic E-state index is 12.7. The normalized spacial score (nSPS) is 10.3. The summed E-state index contributed by atoms with van der Waals surface area (Å²) in [6.07, 6.45) is 0. The number of aromatic carboxylic acids is 2. The fourth-order valence-electron chi connectivity index (χ4n) is 4.20. The van der Waals surface area contributed by atoms with Crippen LogP contribution in [0.5, 0.6) is 0 Å². The summed E-state index contributed by atoms with van der Waals surface area (Å²) in [5.41, 5.74) is -0.0738. The number of benzene rings is 4. The zero-order valence-corrected chi connectivity index (χ0v) is 27.0. The average molecular weight is 722 g/mol. The lowest BCUT2D eigenvalue weighted by atomic mass is 10.1. The molecule has 0 bridgehead atoms. The van der Waals surface area contributed by atoms with Crippen LogP contribution in [0.2, 0.25) is 10.0 Å². The van der Waals surface area contributed by atoms with Gasteiger partial charge in [0.1, 0.15) is 0 Å². The molecule has 0 heterocycles. The van der Waals surface area contributed by atoms with Crippen LogP contribution in [0.4, 0.5) is 27.5 Å². The third-order valence-electron chi connectivity index (χ3n) is 6.66. The van der Waals surface area contributed by atoms with Crippen molar-refractivity contribution in [2.75, 3.05) is 21.3 Å². The molecule has 0 spiro atoms. The highest BCUT2D eigenvalue weighted by Gasteiger charge is 2.21. The van der Waals surface area contributed by atoms with Gasteiger partial charge in [-0.1, -0.05) is 47.5 Å². The van der Waals surface area contributed by atoms with Crippen molar-refractivity contribution in [1.29, 1.82) is 0 Å². The van der Waals surface area contributed by atoms with Gasteiger partial charge in [-0.3, -0.25) is 19.2 Å². The smallest absolute Gasteiger partial charge is 0.337 e. The van der Waals surface area contributed by atoms with Gasteiger partial charge in [-0.15, -0.1) is 0 Å². The van der Waals surface area contributed by atoms with Crippen LogP contribution in [0.25, 0.3) is 0 Å². The third-order valence-corrected chi connectivity index (χ3v) is 7.16. The molecule has 0 aromatic heterocycles. The standard InChI is InChI=1S/C33H26Cl2N6O9/c34-19-5-1-17(2-6-19)15-36-27(42)29(44)40-25-11-9-21(13-23(25)31(46)47)38-33(50)39-22-10-12-26(24(14-22)32(48)49)41-30(45)28(43)37-16-18-3-7-20(35)8-4-18/h1-14H,15-16H2,(H,36,42)(H,37,43)(H,40,44)(H,41,45)(H,46,47)(H,48,49)(H2,38,39,50). The molecule has 0 fully saturated rings. The Balaban J connectivity index is 1.35. The first-order valence-electron chi connectivity index (χ1n) is 14.3. The summed E-state index contributed by atoms with van der Waals surface area (Å²) in [7, 11) is 0. The number of nitrogens with one attached hydrogen (secondary N) is 6. The number of hydrogen-bond donors (Lipinski definition) is 8. The van der Waals surface area contributed by atoms with E-state index in [1.165, 1.54) is 12.1 Å². The highest BCUT2D eigenvalue weighted by atomic mass is 35.5. The first-order valence-corrected chi connectivity index (χ1v) is 15.0. The Morgan fingerprint density at radius 2 is 0.840 bits per heavy atom. The Hall–Kier alpha value is -6.45. The molecule has 6 amide bonds. The summed E-state index contributed by atoms with van der Waals surface area (Å²) in [6.45, 7) is 0.0307. The maximum Gasteiger partial charge on any atom is 0.337 e. The number of halogens is 2. The molecule has 8 N–H and O–H groups in total. The highest BCUT2D eigenvalue weighted by molar-refractivity contribution is 6.40. The van der Waals surface area contributed by atoms with Crippen LogP contribution in [0, 0.1) is 0 Å². The van der Waals surface area contributed by atoms with E-state index < -0.39 is 52.7 Å². The molecule has 256 valence electrons. The van der Waals surface area contributed by atoms with Gasteiger partial charge in [0.05, 0.1) is 22.5 Å². The van der Waals surface area contributed by atoms with Crippen molar-refractivity contribution >= 4 is 87.5 Å². The van der Waals surface area contributed by atoms with E-state index in [4.69, 9.17) is 23.2 Å². The van der Waals surface area contributed by atoms with Crippen molar-refractivity contribution in [3.8, 4) is 0 Å². The summed E-state index contributed by atoms with van der Waals surface area (Å²) >= 11 is 11.7.